The van der Waals surface area contributed by atoms with Crippen LogP contribution < -0.4 is 5.32 Å². The maximum atomic E-state index is 11.3. The molecule has 0 aromatic carbocycles. The Morgan fingerprint density at radius 3 is 2.60 bits per heavy atom. The summed E-state index contributed by atoms with van der Waals surface area (Å²) in [4.78, 5) is 21.5. The van der Waals surface area contributed by atoms with E-state index in [0.717, 1.165) is 17.0 Å². The fourth-order valence-electron chi connectivity index (χ4n) is 1.23. The van der Waals surface area contributed by atoms with E-state index in [1.54, 1.807) is 6.92 Å². The molecule has 1 aromatic heterocycles. The molecule has 1 aromatic rings. The smallest absolute Gasteiger partial charge is 0.322 e. The second-order valence-corrected chi connectivity index (χ2v) is 3.26. The van der Waals surface area contributed by atoms with Gasteiger partial charge < -0.3 is 10.4 Å². The van der Waals surface area contributed by atoms with E-state index in [1.807, 2.05) is 6.92 Å². The number of nitrogens with zero attached hydrogens (tertiary/aromatic N) is 1. The normalized spacial score (nSPS) is 10.0. The van der Waals surface area contributed by atoms with Gasteiger partial charge in [0, 0.05) is 11.3 Å². The minimum absolute atomic E-state index is 0.154. The van der Waals surface area contributed by atoms with Gasteiger partial charge in [0.05, 0.1) is 12.1 Å². The topological polar surface area (TPSA) is 95.1 Å². The maximum absolute atomic E-state index is 11.3. The molecule has 0 bridgehead atoms. The van der Waals surface area contributed by atoms with Gasteiger partial charge in [0.2, 0.25) is 5.91 Å². The Hall–Kier alpha value is -1.85. The summed E-state index contributed by atoms with van der Waals surface area (Å²) in [7, 11) is 0. The number of rotatable bonds is 4. The number of aliphatic carboxylic acids is 1. The van der Waals surface area contributed by atoms with Crippen LogP contribution in [0.5, 0.6) is 0 Å². The van der Waals surface area contributed by atoms with Crippen LogP contribution in [-0.2, 0) is 16.0 Å². The molecule has 0 saturated carbocycles. The predicted octanol–water partition coefficient (Wildman–Crippen LogP) is -0.230. The summed E-state index contributed by atoms with van der Waals surface area (Å²) in [5.41, 5.74) is 2.41. The van der Waals surface area contributed by atoms with Crippen LogP contribution in [-0.4, -0.2) is 33.7 Å². The molecule has 0 aliphatic rings. The minimum Gasteiger partial charge on any atom is -0.480 e. The number of H-pyrrole nitrogens is 1. The van der Waals surface area contributed by atoms with Gasteiger partial charge in [0.1, 0.15) is 6.54 Å². The standard InChI is InChI=1S/C9H13N3O3/c1-5-7(6(2)12-11-5)3-8(13)10-4-9(14)15/h3-4H2,1-2H3,(H,10,13)(H,11,12)(H,14,15). The van der Waals surface area contributed by atoms with Crippen molar-refractivity contribution in [3.8, 4) is 0 Å². The molecular formula is C9H13N3O3. The molecule has 1 rings (SSSR count). The number of carbonyl (C=O) groups excluding carboxylic acids is 1. The molecule has 6 nitrogen and oxygen atoms in total. The Morgan fingerprint density at radius 1 is 1.47 bits per heavy atom. The summed E-state index contributed by atoms with van der Waals surface area (Å²) >= 11 is 0. The fourth-order valence-corrected chi connectivity index (χ4v) is 1.23. The van der Waals surface area contributed by atoms with Crippen LogP contribution in [0.3, 0.4) is 0 Å². The molecule has 0 unspecified atom stereocenters. The lowest BCUT2D eigenvalue weighted by molar-refractivity contribution is -0.137. The number of aromatic amines is 1. The Morgan fingerprint density at radius 2 is 2.13 bits per heavy atom. The number of carboxylic acid groups (broad SMARTS) is 1. The molecular weight excluding hydrogens is 198 g/mol. The van der Waals surface area contributed by atoms with Gasteiger partial charge >= 0.3 is 5.97 Å². The highest BCUT2D eigenvalue weighted by Crippen LogP contribution is 2.09. The third-order valence-corrected chi connectivity index (χ3v) is 2.05. The summed E-state index contributed by atoms with van der Waals surface area (Å²) in [6, 6.07) is 0. The Bertz CT molecular complexity index is 364. The highest BCUT2D eigenvalue weighted by molar-refractivity contribution is 5.83. The number of hydrogen-bond acceptors (Lipinski definition) is 3. The third kappa shape index (κ3) is 3.08. The molecule has 0 aliphatic heterocycles. The number of aromatic nitrogens is 2. The minimum atomic E-state index is -1.05. The zero-order chi connectivity index (χ0) is 11.4. The lowest BCUT2D eigenvalue weighted by Crippen LogP contribution is -2.30. The summed E-state index contributed by atoms with van der Waals surface area (Å²) in [5, 5.41) is 17.4. The molecule has 1 amide bonds. The van der Waals surface area contributed by atoms with Crippen molar-refractivity contribution in [1.29, 1.82) is 0 Å². The molecule has 82 valence electrons. The first-order valence-electron chi connectivity index (χ1n) is 4.49. The molecule has 0 fully saturated rings. The maximum Gasteiger partial charge on any atom is 0.322 e. The first kappa shape index (κ1) is 11.2. The average molecular weight is 211 g/mol. The largest absolute Gasteiger partial charge is 0.480 e. The molecule has 1 heterocycles. The Labute approximate surface area is 86.7 Å². The van der Waals surface area contributed by atoms with Crippen molar-refractivity contribution in [1.82, 2.24) is 15.5 Å². The van der Waals surface area contributed by atoms with Crippen molar-refractivity contribution in [3.05, 3.63) is 17.0 Å². The van der Waals surface area contributed by atoms with Crippen molar-refractivity contribution in [2.24, 2.45) is 0 Å². The monoisotopic (exact) mass is 211 g/mol. The second-order valence-electron chi connectivity index (χ2n) is 3.26. The van der Waals surface area contributed by atoms with Crippen LogP contribution in [0.4, 0.5) is 0 Å². The summed E-state index contributed by atoms with van der Waals surface area (Å²) < 4.78 is 0. The van der Waals surface area contributed by atoms with Crippen molar-refractivity contribution in [3.63, 3.8) is 0 Å². The third-order valence-electron chi connectivity index (χ3n) is 2.05. The van der Waals surface area contributed by atoms with E-state index in [0.29, 0.717) is 0 Å². The Balaban J connectivity index is 2.55. The van der Waals surface area contributed by atoms with Gasteiger partial charge in [0.15, 0.2) is 0 Å². The van der Waals surface area contributed by atoms with Gasteiger partial charge in [-0.25, -0.2) is 0 Å². The van der Waals surface area contributed by atoms with Crippen LogP contribution in [0, 0.1) is 13.8 Å². The molecule has 15 heavy (non-hydrogen) atoms. The van der Waals surface area contributed by atoms with E-state index in [9.17, 15) is 9.59 Å². The van der Waals surface area contributed by atoms with Crippen LogP contribution in [0.15, 0.2) is 0 Å². The number of carbonyl (C=O) groups is 2. The second kappa shape index (κ2) is 4.59. The molecule has 0 aliphatic carbocycles. The highest BCUT2D eigenvalue weighted by Gasteiger charge is 2.11. The van der Waals surface area contributed by atoms with E-state index in [4.69, 9.17) is 5.11 Å². The molecule has 3 N–H and O–H groups in total. The van der Waals surface area contributed by atoms with Crippen molar-refractivity contribution < 1.29 is 14.7 Å². The van der Waals surface area contributed by atoms with Gasteiger partial charge in [-0.05, 0) is 13.8 Å². The van der Waals surface area contributed by atoms with Crippen molar-refractivity contribution >= 4 is 11.9 Å². The SMILES string of the molecule is Cc1n[nH]c(C)c1CC(=O)NCC(=O)O. The summed E-state index contributed by atoms with van der Waals surface area (Å²) in [6.07, 6.45) is 0.154. The van der Waals surface area contributed by atoms with Crippen molar-refractivity contribution in [2.45, 2.75) is 20.3 Å². The van der Waals surface area contributed by atoms with E-state index in [1.165, 1.54) is 0 Å². The quantitative estimate of drug-likeness (QED) is 0.641. The Kier molecular flexibility index (Phi) is 3.43. The number of carboxylic acids is 1. The van der Waals surface area contributed by atoms with Gasteiger partial charge in [-0.2, -0.15) is 5.10 Å². The first-order valence-corrected chi connectivity index (χ1v) is 4.49. The molecule has 0 saturated heterocycles. The number of hydrogen-bond donors (Lipinski definition) is 3. The lowest BCUT2D eigenvalue weighted by Gasteiger charge is -2.02. The van der Waals surface area contributed by atoms with Crippen LogP contribution >= 0.6 is 0 Å². The predicted molar refractivity (Wildman–Crippen MR) is 52.4 cm³/mol. The van der Waals surface area contributed by atoms with Gasteiger partial charge in [-0.3, -0.25) is 14.7 Å². The number of nitrogens with one attached hydrogen (secondary N) is 2. The van der Waals surface area contributed by atoms with E-state index in [-0.39, 0.29) is 18.9 Å². The van der Waals surface area contributed by atoms with E-state index >= 15 is 0 Å². The van der Waals surface area contributed by atoms with Crippen LogP contribution in [0.2, 0.25) is 0 Å². The fraction of sp³-hybridized carbons (Fsp3) is 0.444. The van der Waals surface area contributed by atoms with E-state index < -0.39 is 5.97 Å². The first-order chi connectivity index (χ1) is 7.00. The van der Waals surface area contributed by atoms with Crippen molar-refractivity contribution in [2.75, 3.05) is 6.54 Å². The lowest BCUT2D eigenvalue weighted by atomic mass is 10.1. The average Bonchev–Trinajstić information content (AvgIpc) is 2.46. The number of aryl methyl sites for hydroxylation is 2. The van der Waals surface area contributed by atoms with E-state index in [2.05, 4.69) is 15.5 Å². The zero-order valence-electron chi connectivity index (χ0n) is 8.63. The van der Waals surface area contributed by atoms with Gasteiger partial charge in [-0.1, -0.05) is 0 Å². The summed E-state index contributed by atoms with van der Waals surface area (Å²) in [6.45, 7) is 3.26. The zero-order valence-corrected chi connectivity index (χ0v) is 8.63. The molecule has 0 radical (unpaired) electrons. The molecule has 6 heteroatoms. The highest BCUT2D eigenvalue weighted by atomic mass is 16.4. The van der Waals surface area contributed by atoms with Crippen LogP contribution in [0.25, 0.3) is 0 Å². The van der Waals surface area contributed by atoms with Crippen LogP contribution in [0.1, 0.15) is 17.0 Å². The van der Waals surface area contributed by atoms with Gasteiger partial charge in [-0.15, -0.1) is 0 Å². The summed E-state index contributed by atoms with van der Waals surface area (Å²) in [5.74, 6) is -1.37. The molecule has 0 spiro atoms. The number of amides is 1. The molecule has 0 atom stereocenters. The van der Waals surface area contributed by atoms with Gasteiger partial charge in [0.25, 0.3) is 0 Å².